The Labute approximate surface area is 93.7 Å². The lowest BCUT2D eigenvalue weighted by atomic mass is 10.3. The van der Waals surface area contributed by atoms with E-state index in [9.17, 15) is 0 Å². The molecule has 0 amide bonds. The van der Waals surface area contributed by atoms with Gasteiger partial charge in [0.05, 0.1) is 0 Å². The highest BCUT2D eigenvalue weighted by Gasteiger charge is 1.77. The SMILES string of the molecule is CCNCC/C=C/C=C/C=C\CCOC. The Kier molecular flexibility index (Phi) is 12.4. The van der Waals surface area contributed by atoms with Gasteiger partial charge in [0.15, 0.2) is 0 Å². The maximum atomic E-state index is 4.93. The van der Waals surface area contributed by atoms with Crippen molar-refractivity contribution >= 4 is 0 Å². The molecule has 0 saturated carbocycles. The van der Waals surface area contributed by atoms with Crippen LogP contribution < -0.4 is 5.32 Å². The molecule has 86 valence electrons. The summed E-state index contributed by atoms with van der Waals surface area (Å²) in [5.74, 6) is 0. The van der Waals surface area contributed by atoms with Gasteiger partial charge in [0, 0.05) is 13.7 Å². The number of rotatable bonds is 9. The summed E-state index contributed by atoms with van der Waals surface area (Å²) in [6, 6.07) is 0. The third-order valence-electron chi connectivity index (χ3n) is 1.83. The fourth-order valence-electron chi connectivity index (χ4n) is 1.03. The largest absolute Gasteiger partial charge is 0.384 e. The Morgan fingerprint density at radius 3 is 2.27 bits per heavy atom. The van der Waals surface area contributed by atoms with Gasteiger partial charge in [0.25, 0.3) is 0 Å². The van der Waals surface area contributed by atoms with Crippen LogP contribution in [0.25, 0.3) is 0 Å². The van der Waals surface area contributed by atoms with Crippen LogP contribution in [-0.4, -0.2) is 26.8 Å². The molecule has 0 atom stereocenters. The van der Waals surface area contributed by atoms with E-state index in [1.807, 2.05) is 12.2 Å². The highest BCUT2D eigenvalue weighted by molar-refractivity contribution is 5.10. The second-order valence-electron chi connectivity index (χ2n) is 3.16. The van der Waals surface area contributed by atoms with Crippen LogP contribution in [-0.2, 0) is 4.74 Å². The van der Waals surface area contributed by atoms with Crippen LogP contribution in [0.1, 0.15) is 19.8 Å². The molecule has 0 bridgehead atoms. The molecule has 0 aromatic rings. The molecule has 15 heavy (non-hydrogen) atoms. The monoisotopic (exact) mass is 209 g/mol. The third kappa shape index (κ3) is 13.1. The topological polar surface area (TPSA) is 21.3 Å². The molecule has 0 rings (SSSR count). The predicted octanol–water partition coefficient (Wildman–Crippen LogP) is 2.69. The van der Waals surface area contributed by atoms with Crippen molar-refractivity contribution in [3.63, 3.8) is 0 Å². The van der Waals surface area contributed by atoms with Crippen molar-refractivity contribution in [3.8, 4) is 0 Å². The first kappa shape index (κ1) is 14.1. The fourth-order valence-corrected chi connectivity index (χ4v) is 1.03. The van der Waals surface area contributed by atoms with Gasteiger partial charge < -0.3 is 10.1 Å². The van der Waals surface area contributed by atoms with Gasteiger partial charge in [0.1, 0.15) is 0 Å². The standard InChI is InChI=1S/C13H23NO/c1-3-14-12-10-8-6-4-5-7-9-11-13-15-2/h4-9,14H,3,10-13H2,1-2H3/b5-4+,8-6+,9-7-. The molecule has 2 nitrogen and oxygen atoms in total. The molecule has 1 N–H and O–H groups in total. The van der Waals surface area contributed by atoms with Crippen LogP contribution in [0.15, 0.2) is 36.5 Å². The van der Waals surface area contributed by atoms with E-state index in [2.05, 4.69) is 36.5 Å². The van der Waals surface area contributed by atoms with Crippen LogP contribution in [0, 0.1) is 0 Å². The summed E-state index contributed by atoms with van der Waals surface area (Å²) in [4.78, 5) is 0. The summed E-state index contributed by atoms with van der Waals surface area (Å²) in [5, 5.41) is 3.27. The van der Waals surface area contributed by atoms with Crippen molar-refractivity contribution in [1.82, 2.24) is 5.32 Å². The Morgan fingerprint density at radius 1 is 1.00 bits per heavy atom. The van der Waals surface area contributed by atoms with E-state index in [1.165, 1.54) is 0 Å². The zero-order chi connectivity index (χ0) is 11.2. The molecule has 0 heterocycles. The van der Waals surface area contributed by atoms with Crippen LogP contribution >= 0.6 is 0 Å². The maximum Gasteiger partial charge on any atom is 0.0496 e. The zero-order valence-corrected chi connectivity index (χ0v) is 9.91. The first-order valence-electron chi connectivity index (χ1n) is 5.59. The highest BCUT2D eigenvalue weighted by atomic mass is 16.5. The molecule has 0 spiro atoms. The molecule has 2 heteroatoms. The number of hydrogen-bond acceptors (Lipinski definition) is 2. The van der Waals surface area contributed by atoms with Crippen LogP contribution in [0.2, 0.25) is 0 Å². The quantitative estimate of drug-likeness (QED) is 0.465. The molecule has 0 saturated heterocycles. The van der Waals surface area contributed by atoms with E-state index >= 15 is 0 Å². The number of methoxy groups -OCH3 is 1. The lowest BCUT2D eigenvalue weighted by molar-refractivity contribution is 0.204. The Balaban J connectivity index is 3.32. The van der Waals surface area contributed by atoms with E-state index in [0.29, 0.717) is 0 Å². The van der Waals surface area contributed by atoms with Crippen molar-refractivity contribution in [3.05, 3.63) is 36.5 Å². The molecule has 0 aromatic heterocycles. The lowest BCUT2D eigenvalue weighted by Gasteiger charge is -1.93. The van der Waals surface area contributed by atoms with E-state index in [4.69, 9.17) is 4.74 Å². The van der Waals surface area contributed by atoms with Gasteiger partial charge in [-0.15, -0.1) is 0 Å². The summed E-state index contributed by atoms with van der Waals surface area (Å²) in [7, 11) is 1.72. The summed E-state index contributed by atoms with van der Waals surface area (Å²) < 4.78 is 4.93. The van der Waals surface area contributed by atoms with Gasteiger partial charge in [-0.2, -0.15) is 0 Å². The zero-order valence-electron chi connectivity index (χ0n) is 9.91. The smallest absolute Gasteiger partial charge is 0.0496 e. The van der Waals surface area contributed by atoms with E-state index in [1.54, 1.807) is 7.11 Å². The fraction of sp³-hybridized carbons (Fsp3) is 0.538. The van der Waals surface area contributed by atoms with Gasteiger partial charge in [-0.1, -0.05) is 43.4 Å². The number of nitrogens with one attached hydrogen (secondary N) is 1. The summed E-state index contributed by atoms with van der Waals surface area (Å²) >= 11 is 0. The maximum absolute atomic E-state index is 4.93. The Bertz CT molecular complexity index is 195. The van der Waals surface area contributed by atoms with E-state index in [0.717, 1.165) is 32.5 Å². The molecule has 0 fully saturated rings. The summed E-state index contributed by atoms with van der Waals surface area (Å²) in [6.07, 6.45) is 14.6. The van der Waals surface area contributed by atoms with Crippen LogP contribution in [0.5, 0.6) is 0 Å². The van der Waals surface area contributed by atoms with Crippen molar-refractivity contribution in [2.24, 2.45) is 0 Å². The Morgan fingerprint density at radius 2 is 1.67 bits per heavy atom. The molecular formula is C13H23NO. The molecule has 0 radical (unpaired) electrons. The Hall–Kier alpha value is -0.860. The predicted molar refractivity (Wildman–Crippen MR) is 67.1 cm³/mol. The van der Waals surface area contributed by atoms with Gasteiger partial charge in [-0.25, -0.2) is 0 Å². The minimum atomic E-state index is 0.795. The molecule has 0 aliphatic heterocycles. The molecule has 0 aliphatic carbocycles. The second kappa shape index (κ2) is 13.1. The molecule has 0 unspecified atom stereocenters. The highest BCUT2D eigenvalue weighted by Crippen LogP contribution is 1.87. The van der Waals surface area contributed by atoms with Crippen LogP contribution in [0.3, 0.4) is 0 Å². The number of allylic oxidation sites excluding steroid dienone is 4. The van der Waals surface area contributed by atoms with Gasteiger partial charge >= 0.3 is 0 Å². The minimum absolute atomic E-state index is 0.795. The van der Waals surface area contributed by atoms with E-state index < -0.39 is 0 Å². The normalized spacial score (nSPS) is 12.4. The van der Waals surface area contributed by atoms with Crippen molar-refractivity contribution < 1.29 is 4.74 Å². The summed E-state index contributed by atoms with van der Waals surface area (Å²) in [5.41, 5.74) is 0. The minimum Gasteiger partial charge on any atom is -0.384 e. The first-order chi connectivity index (χ1) is 7.41. The third-order valence-corrected chi connectivity index (χ3v) is 1.83. The van der Waals surface area contributed by atoms with Crippen molar-refractivity contribution in [2.75, 3.05) is 26.8 Å². The lowest BCUT2D eigenvalue weighted by Crippen LogP contribution is -2.12. The van der Waals surface area contributed by atoms with Crippen LogP contribution in [0.4, 0.5) is 0 Å². The molecule has 0 aromatic carbocycles. The molecule has 0 aliphatic rings. The molecular weight excluding hydrogens is 186 g/mol. The van der Waals surface area contributed by atoms with E-state index in [-0.39, 0.29) is 0 Å². The van der Waals surface area contributed by atoms with Gasteiger partial charge in [0.2, 0.25) is 0 Å². The van der Waals surface area contributed by atoms with Crippen molar-refractivity contribution in [2.45, 2.75) is 19.8 Å². The second-order valence-corrected chi connectivity index (χ2v) is 3.16. The first-order valence-corrected chi connectivity index (χ1v) is 5.59. The summed E-state index contributed by atoms with van der Waals surface area (Å²) in [6.45, 7) is 5.02. The van der Waals surface area contributed by atoms with Gasteiger partial charge in [-0.3, -0.25) is 0 Å². The average molecular weight is 209 g/mol. The number of hydrogen-bond donors (Lipinski definition) is 1. The van der Waals surface area contributed by atoms with Gasteiger partial charge in [-0.05, 0) is 25.9 Å². The average Bonchev–Trinajstić information content (AvgIpc) is 2.26. The van der Waals surface area contributed by atoms with Crippen molar-refractivity contribution in [1.29, 1.82) is 0 Å². The number of ether oxygens (including phenoxy) is 1.